The maximum absolute atomic E-state index is 13.0. The molecular weight excluding hydrogens is 364 g/mol. The van der Waals surface area contributed by atoms with E-state index in [4.69, 9.17) is 14.5 Å². The number of benzodiazepines with no additional fused rings is 1. The Morgan fingerprint density at radius 3 is 2.17 bits per heavy atom. The van der Waals surface area contributed by atoms with Crippen LogP contribution in [0.5, 0.6) is 11.5 Å². The molecule has 0 saturated heterocycles. The van der Waals surface area contributed by atoms with Gasteiger partial charge in [0.2, 0.25) is 5.91 Å². The van der Waals surface area contributed by atoms with Gasteiger partial charge in [0, 0.05) is 23.6 Å². The van der Waals surface area contributed by atoms with Gasteiger partial charge >= 0.3 is 0 Å². The molecule has 1 aliphatic heterocycles. The average molecular weight is 386 g/mol. The molecule has 1 N–H and O–H groups in total. The van der Waals surface area contributed by atoms with Crippen LogP contribution in [0.25, 0.3) is 0 Å². The lowest BCUT2D eigenvalue weighted by Crippen LogP contribution is -2.27. The van der Waals surface area contributed by atoms with E-state index >= 15 is 0 Å². The molecule has 4 rings (SSSR count). The molecule has 1 aliphatic rings. The van der Waals surface area contributed by atoms with E-state index in [0.717, 1.165) is 22.4 Å². The summed E-state index contributed by atoms with van der Waals surface area (Å²) in [5, 5.41) is 3.03. The highest BCUT2D eigenvalue weighted by Gasteiger charge is 2.27. The van der Waals surface area contributed by atoms with Gasteiger partial charge in [0.1, 0.15) is 6.04 Å². The largest absolute Gasteiger partial charge is 0.493 e. The molecule has 3 aromatic carbocycles. The first kappa shape index (κ1) is 18.7. The highest BCUT2D eigenvalue weighted by atomic mass is 16.5. The van der Waals surface area contributed by atoms with Crippen molar-refractivity contribution in [3.8, 4) is 11.5 Å². The van der Waals surface area contributed by atoms with Crippen LogP contribution in [0.1, 0.15) is 16.7 Å². The minimum Gasteiger partial charge on any atom is -0.493 e. The Morgan fingerprint density at radius 2 is 1.52 bits per heavy atom. The maximum Gasteiger partial charge on any atom is 0.249 e. The fraction of sp³-hybridized carbons (Fsp3) is 0.167. The third-order valence-corrected chi connectivity index (χ3v) is 4.94. The predicted octanol–water partition coefficient (Wildman–Crippen LogP) is 4.10. The summed E-state index contributed by atoms with van der Waals surface area (Å²) in [6.45, 7) is 0. The van der Waals surface area contributed by atoms with Gasteiger partial charge < -0.3 is 14.8 Å². The van der Waals surface area contributed by atoms with Gasteiger partial charge in [-0.15, -0.1) is 0 Å². The number of ether oxygens (including phenoxy) is 2. The highest BCUT2D eigenvalue weighted by molar-refractivity contribution is 6.20. The molecule has 0 radical (unpaired) electrons. The van der Waals surface area contributed by atoms with Crippen molar-refractivity contribution in [1.82, 2.24) is 0 Å². The Labute approximate surface area is 170 Å². The van der Waals surface area contributed by atoms with Gasteiger partial charge in [-0.25, -0.2) is 0 Å². The van der Waals surface area contributed by atoms with Gasteiger partial charge in [0.15, 0.2) is 11.5 Å². The van der Waals surface area contributed by atoms with Crippen LogP contribution in [0.2, 0.25) is 0 Å². The lowest BCUT2D eigenvalue weighted by atomic mass is 9.99. The molecule has 1 heterocycles. The van der Waals surface area contributed by atoms with Gasteiger partial charge in [0.25, 0.3) is 0 Å². The third kappa shape index (κ3) is 3.85. The van der Waals surface area contributed by atoms with Crippen LogP contribution in [0.4, 0.5) is 5.69 Å². The first-order chi connectivity index (χ1) is 14.2. The van der Waals surface area contributed by atoms with E-state index in [2.05, 4.69) is 5.32 Å². The fourth-order valence-electron chi connectivity index (χ4n) is 3.48. The summed E-state index contributed by atoms with van der Waals surface area (Å²) in [5.74, 6) is 0.999. The Hall–Kier alpha value is -3.60. The number of hydrogen-bond donors (Lipinski definition) is 1. The van der Waals surface area contributed by atoms with E-state index in [1.807, 2.05) is 66.7 Å². The fourth-order valence-corrected chi connectivity index (χ4v) is 3.48. The number of anilines is 1. The van der Waals surface area contributed by atoms with E-state index in [0.29, 0.717) is 23.6 Å². The summed E-state index contributed by atoms with van der Waals surface area (Å²) in [6, 6.07) is 22.9. The number of aliphatic imine (C=N–C) groups is 1. The molecule has 0 fully saturated rings. The Bertz CT molecular complexity index is 1050. The van der Waals surface area contributed by atoms with Crippen LogP contribution in [-0.2, 0) is 11.2 Å². The smallest absolute Gasteiger partial charge is 0.249 e. The topological polar surface area (TPSA) is 59.9 Å². The SMILES string of the molecule is COc1cc2c(cc1OC)C(c1ccccc1)=NC(Cc1ccccc1)C(=O)N2. The van der Waals surface area contributed by atoms with Crippen LogP contribution in [0.3, 0.4) is 0 Å². The number of methoxy groups -OCH3 is 2. The zero-order valence-corrected chi connectivity index (χ0v) is 16.4. The number of hydrogen-bond acceptors (Lipinski definition) is 4. The molecule has 3 aromatic rings. The van der Waals surface area contributed by atoms with Crippen molar-refractivity contribution < 1.29 is 14.3 Å². The summed E-state index contributed by atoms with van der Waals surface area (Å²) in [6.07, 6.45) is 0.519. The van der Waals surface area contributed by atoms with Gasteiger partial charge in [-0.1, -0.05) is 60.7 Å². The molecule has 1 amide bonds. The number of amides is 1. The second-order valence-corrected chi connectivity index (χ2v) is 6.79. The molecule has 0 aliphatic carbocycles. The second kappa shape index (κ2) is 8.19. The molecule has 0 saturated carbocycles. The van der Waals surface area contributed by atoms with Gasteiger partial charge in [-0.05, 0) is 11.6 Å². The first-order valence-corrected chi connectivity index (χ1v) is 9.44. The summed E-state index contributed by atoms with van der Waals surface area (Å²) < 4.78 is 10.9. The lowest BCUT2D eigenvalue weighted by Gasteiger charge is -2.15. The van der Waals surface area contributed by atoms with Crippen molar-refractivity contribution in [2.24, 2.45) is 4.99 Å². The number of rotatable bonds is 5. The molecule has 29 heavy (non-hydrogen) atoms. The summed E-state index contributed by atoms with van der Waals surface area (Å²) >= 11 is 0. The minimum atomic E-state index is -0.544. The Kier molecular flexibility index (Phi) is 5.29. The van der Waals surface area contributed by atoms with Crippen LogP contribution >= 0.6 is 0 Å². The minimum absolute atomic E-state index is 0.145. The third-order valence-electron chi connectivity index (χ3n) is 4.94. The van der Waals surface area contributed by atoms with Crippen molar-refractivity contribution >= 4 is 17.3 Å². The molecule has 5 nitrogen and oxygen atoms in total. The second-order valence-electron chi connectivity index (χ2n) is 6.79. The molecule has 5 heteroatoms. The molecule has 146 valence electrons. The highest BCUT2D eigenvalue weighted by Crippen LogP contribution is 2.36. The van der Waals surface area contributed by atoms with Gasteiger partial charge in [-0.2, -0.15) is 0 Å². The van der Waals surface area contributed by atoms with Crippen LogP contribution in [0, 0.1) is 0 Å². The van der Waals surface area contributed by atoms with E-state index in [9.17, 15) is 4.79 Å². The molecule has 0 aromatic heterocycles. The zero-order valence-electron chi connectivity index (χ0n) is 16.4. The van der Waals surface area contributed by atoms with Crippen LogP contribution in [-0.4, -0.2) is 31.9 Å². The normalized spacial score (nSPS) is 15.6. The monoisotopic (exact) mass is 386 g/mol. The zero-order chi connectivity index (χ0) is 20.2. The molecule has 0 bridgehead atoms. The number of benzene rings is 3. The van der Waals surface area contributed by atoms with Crippen LogP contribution < -0.4 is 14.8 Å². The Balaban J connectivity index is 1.86. The van der Waals surface area contributed by atoms with Gasteiger partial charge in [-0.3, -0.25) is 9.79 Å². The molecule has 1 unspecified atom stereocenters. The lowest BCUT2D eigenvalue weighted by molar-refractivity contribution is -0.117. The van der Waals surface area contributed by atoms with Crippen molar-refractivity contribution in [1.29, 1.82) is 0 Å². The van der Waals surface area contributed by atoms with Crippen molar-refractivity contribution in [3.05, 3.63) is 89.5 Å². The number of nitrogens with zero attached hydrogens (tertiary/aromatic N) is 1. The van der Waals surface area contributed by atoms with Crippen molar-refractivity contribution in [2.75, 3.05) is 19.5 Å². The molecule has 0 spiro atoms. The Morgan fingerprint density at radius 1 is 0.897 bits per heavy atom. The van der Waals surface area contributed by atoms with Crippen molar-refractivity contribution in [3.63, 3.8) is 0 Å². The summed E-state index contributed by atoms with van der Waals surface area (Å²) in [7, 11) is 3.17. The van der Waals surface area contributed by atoms with E-state index in [1.54, 1.807) is 20.3 Å². The van der Waals surface area contributed by atoms with E-state index < -0.39 is 6.04 Å². The summed E-state index contributed by atoms with van der Waals surface area (Å²) in [4.78, 5) is 17.9. The number of carbonyl (C=O) groups is 1. The van der Waals surface area contributed by atoms with E-state index in [1.165, 1.54) is 0 Å². The molecule has 1 atom stereocenters. The first-order valence-electron chi connectivity index (χ1n) is 9.44. The number of nitrogens with one attached hydrogen (secondary N) is 1. The standard InChI is InChI=1S/C24H22N2O3/c1-28-21-14-18-19(15-22(21)29-2)26-24(27)20(13-16-9-5-3-6-10-16)25-23(18)17-11-7-4-8-12-17/h3-12,14-15,20H,13H2,1-2H3,(H,26,27). The number of fused-ring (bicyclic) bond motifs is 1. The average Bonchev–Trinajstić information content (AvgIpc) is 2.90. The number of carbonyl (C=O) groups excluding carboxylic acids is 1. The summed E-state index contributed by atoms with van der Waals surface area (Å²) in [5.41, 5.74) is 4.21. The quantitative estimate of drug-likeness (QED) is 0.718. The van der Waals surface area contributed by atoms with Crippen molar-refractivity contribution in [2.45, 2.75) is 12.5 Å². The van der Waals surface area contributed by atoms with E-state index in [-0.39, 0.29) is 5.91 Å². The van der Waals surface area contributed by atoms with Crippen LogP contribution in [0.15, 0.2) is 77.8 Å². The predicted molar refractivity (Wildman–Crippen MR) is 114 cm³/mol. The maximum atomic E-state index is 13.0. The van der Waals surface area contributed by atoms with Gasteiger partial charge in [0.05, 0.1) is 25.6 Å². The molecular formula is C24H22N2O3.